The number of thiazole rings is 1. The molecule has 2 amide bonds. The Kier molecular flexibility index (Phi) is 6.59. The van der Waals surface area contributed by atoms with E-state index in [0.29, 0.717) is 49.1 Å². The molecular formula is C24H23N5O5S. The first-order chi connectivity index (χ1) is 17.0. The molecule has 0 spiro atoms. The van der Waals surface area contributed by atoms with Crippen LogP contribution in [0.25, 0.3) is 4.96 Å². The minimum absolute atomic E-state index is 0.0817. The molecule has 1 aliphatic rings. The molecule has 0 radical (unpaired) electrons. The highest BCUT2D eigenvalue weighted by Gasteiger charge is 2.22. The Bertz CT molecular complexity index is 1390. The largest absolute Gasteiger partial charge is 0.484 e. The third-order valence-corrected chi connectivity index (χ3v) is 6.42. The van der Waals surface area contributed by atoms with Gasteiger partial charge >= 0.3 is 0 Å². The molecular weight excluding hydrogens is 470 g/mol. The second kappa shape index (κ2) is 10.1. The van der Waals surface area contributed by atoms with Crippen LogP contribution in [0.2, 0.25) is 0 Å². The molecule has 10 nitrogen and oxygen atoms in total. The lowest BCUT2D eigenvalue weighted by molar-refractivity contribution is -0.135. The number of fused-ring (bicyclic) bond motifs is 1. The Labute approximate surface area is 204 Å². The highest BCUT2D eigenvalue weighted by molar-refractivity contribution is 7.15. The zero-order valence-electron chi connectivity index (χ0n) is 18.8. The number of aromatic nitrogens is 2. The zero-order chi connectivity index (χ0) is 24.2. The summed E-state index contributed by atoms with van der Waals surface area (Å²) in [6.07, 6.45) is 3.15. The molecule has 1 aliphatic heterocycles. The van der Waals surface area contributed by atoms with Crippen molar-refractivity contribution in [2.45, 2.75) is 6.54 Å². The molecule has 11 heteroatoms. The molecule has 5 rings (SSSR count). The Morgan fingerprint density at radius 3 is 2.77 bits per heavy atom. The van der Waals surface area contributed by atoms with Crippen molar-refractivity contribution in [2.75, 3.05) is 38.1 Å². The van der Waals surface area contributed by atoms with Crippen molar-refractivity contribution < 1.29 is 18.7 Å². The van der Waals surface area contributed by atoms with Crippen molar-refractivity contribution in [3.05, 3.63) is 82.1 Å². The van der Waals surface area contributed by atoms with E-state index >= 15 is 0 Å². The van der Waals surface area contributed by atoms with Gasteiger partial charge in [0.1, 0.15) is 5.75 Å². The summed E-state index contributed by atoms with van der Waals surface area (Å²) < 4.78 is 12.3. The van der Waals surface area contributed by atoms with E-state index in [1.54, 1.807) is 53.6 Å². The summed E-state index contributed by atoms with van der Waals surface area (Å²) in [6, 6.07) is 11.6. The van der Waals surface area contributed by atoms with E-state index in [0.717, 1.165) is 5.69 Å². The first-order valence-corrected chi connectivity index (χ1v) is 12.0. The van der Waals surface area contributed by atoms with Gasteiger partial charge in [-0.25, -0.2) is 4.98 Å². The maximum atomic E-state index is 12.7. The average Bonchev–Trinajstić information content (AvgIpc) is 3.56. The van der Waals surface area contributed by atoms with E-state index in [1.807, 2.05) is 5.38 Å². The highest BCUT2D eigenvalue weighted by atomic mass is 32.1. The fourth-order valence-corrected chi connectivity index (χ4v) is 4.59. The van der Waals surface area contributed by atoms with Gasteiger partial charge in [0, 0.05) is 62.1 Å². The van der Waals surface area contributed by atoms with Crippen LogP contribution in [0.15, 0.2) is 69.5 Å². The van der Waals surface area contributed by atoms with E-state index in [1.165, 1.54) is 22.0 Å². The number of amides is 2. The van der Waals surface area contributed by atoms with Crippen LogP contribution in [0, 0.1) is 0 Å². The third-order valence-electron chi connectivity index (χ3n) is 5.67. The number of nitrogens with zero attached hydrogens (tertiary/aromatic N) is 4. The van der Waals surface area contributed by atoms with Crippen LogP contribution < -0.4 is 15.6 Å². The van der Waals surface area contributed by atoms with E-state index in [2.05, 4.69) is 15.2 Å². The average molecular weight is 494 g/mol. The summed E-state index contributed by atoms with van der Waals surface area (Å²) in [4.78, 5) is 46.2. The van der Waals surface area contributed by atoms with E-state index in [-0.39, 0.29) is 29.7 Å². The Hall–Kier alpha value is -3.96. The maximum Gasteiger partial charge on any atom is 0.291 e. The topological polar surface area (TPSA) is 109 Å². The van der Waals surface area contributed by atoms with E-state index in [4.69, 9.17) is 9.15 Å². The van der Waals surface area contributed by atoms with Gasteiger partial charge in [-0.2, -0.15) is 0 Å². The van der Waals surface area contributed by atoms with Gasteiger partial charge in [-0.05, 0) is 24.3 Å². The Balaban J connectivity index is 1.10. The number of hydrogen-bond acceptors (Lipinski definition) is 8. The quantitative estimate of drug-likeness (QED) is 0.421. The van der Waals surface area contributed by atoms with Gasteiger partial charge in [0.15, 0.2) is 17.3 Å². The molecule has 3 aromatic heterocycles. The Morgan fingerprint density at radius 2 is 1.97 bits per heavy atom. The van der Waals surface area contributed by atoms with Crippen LogP contribution in [0.1, 0.15) is 16.2 Å². The number of ether oxygens (including phenoxy) is 1. The van der Waals surface area contributed by atoms with Gasteiger partial charge in [0.05, 0.1) is 12.0 Å². The van der Waals surface area contributed by atoms with Crippen molar-refractivity contribution in [1.82, 2.24) is 19.2 Å². The third kappa shape index (κ3) is 5.42. The highest BCUT2D eigenvalue weighted by Crippen LogP contribution is 2.19. The summed E-state index contributed by atoms with van der Waals surface area (Å²) >= 11 is 1.43. The van der Waals surface area contributed by atoms with Crippen molar-refractivity contribution in [1.29, 1.82) is 0 Å². The lowest BCUT2D eigenvalue weighted by Crippen LogP contribution is -2.49. The molecule has 0 saturated carbocycles. The number of carbonyl (C=O) groups excluding carboxylic acids is 2. The van der Waals surface area contributed by atoms with Gasteiger partial charge < -0.3 is 19.4 Å². The number of hydrogen-bond donors (Lipinski definition) is 1. The molecule has 1 aromatic carbocycles. The molecule has 0 bridgehead atoms. The van der Waals surface area contributed by atoms with Crippen molar-refractivity contribution in [2.24, 2.45) is 0 Å². The van der Waals surface area contributed by atoms with Gasteiger partial charge in [-0.1, -0.05) is 6.07 Å². The van der Waals surface area contributed by atoms with Crippen molar-refractivity contribution in [3.8, 4) is 5.75 Å². The van der Waals surface area contributed by atoms with Gasteiger partial charge in [0.2, 0.25) is 0 Å². The number of nitrogens with one attached hydrogen (secondary N) is 1. The van der Waals surface area contributed by atoms with Crippen LogP contribution in [0.4, 0.5) is 5.69 Å². The summed E-state index contributed by atoms with van der Waals surface area (Å²) in [5.74, 6) is 0.222. The lowest BCUT2D eigenvalue weighted by atomic mass is 10.2. The molecule has 4 heterocycles. The number of furan rings is 1. The number of carbonyl (C=O) groups is 2. The number of anilines is 1. The van der Waals surface area contributed by atoms with Crippen molar-refractivity contribution >= 4 is 33.8 Å². The number of piperazine rings is 1. The van der Waals surface area contributed by atoms with Crippen LogP contribution in [0.3, 0.4) is 0 Å². The summed E-state index contributed by atoms with van der Waals surface area (Å²) in [5, 5.41) is 4.57. The maximum absolute atomic E-state index is 12.7. The van der Waals surface area contributed by atoms with E-state index < -0.39 is 0 Å². The van der Waals surface area contributed by atoms with Crippen LogP contribution >= 0.6 is 11.3 Å². The standard InChI is InChI=1S/C24H23N5O5S/c30-21-14-18(26-24-29(21)10-12-35-24)15-27-6-8-28(9-7-27)22(31)16-34-19-4-1-3-17(13-19)25-23(32)20-5-2-11-33-20/h1-5,10-14H,6-9,15-16H2,(H,25,32). The zero-order valence-corrected chi connectivity index (χ0v) is 19.6. The summed E-state index contributed by atoms with van der Waals surface area (Å²) in [5.41, 5.74) is 1.19. The van der Waals surface area contributed by atoms with Crippen LogP contribution in [-0.4, -0.2) is 63.8 Å². The minimum Gasteiger partial charge on any atom is -0.484 e. The molecule has 1 saturated heterocycles. The molecule has 0 atom stereocenters. The minimum atomic E-state index is -0.364. The second-order valence-electron chi connectivity index (χ2n) is 8.05. The summed E-state index contributed by atoms with van der Waals surface area (Å²) in [6.45, 7) is 2.99. The first kappa shape index (κ1) is 22.8. The summed E-state index contributed by atoms with van der Waals surface area (Å²) in [7, 11) is 0. The molecule has 4 aromatic rings. The lowest BCUT2D eigenvalue weighted by Gasteiger charge is -2.34. The molecule has 0 aliphatic carbocycles. The van der Waals surface area contributed by atoms with Gasteiger partial charge in [0.25, 0.3) is 17.4 Å². The van der Waals surface area contributed by atoms with Gasteiger partial charge in [-0.3, -0.25) is 23.7 Å². The fraction of sp³-hybridized carbons (Fsp3) is 0.250. The molecule has 0 unspecified atom stereocenters. The molecule has 1 N–H and O–H groups in total. The molecule has 180 valence electrons. The smallest absolute Gasteiger partial charge is 0.291 e. The predicted molar refractivity (Wildman–Crippen MR) is 130 cm³/mol. The predicted octanol–water partition coefficient (Wildman–Crippen LogP) is 2.32. The van der Waals surface area contributed by atoms with E-state index in [9.17, 15) is 14.4 Å². The second-order valence-corrected chi connectivity index (χ2v) is 8.92. The van der Waals surface area contributed by atoms with Gasteiger partial charge in [-0.15, -0.1) is 11.3 Å². The van der Waals surface area contributed by atoms with Crippen molar-refractivity contribution in [3.63, 3.8) is 0 Å². The van der Waals surface area contributed by atoms with Crippen LogP contribution in [0.5, 0.6) is 5.75 Å². The Morgan fingerprint density at radius 1 is 1.11 bits per heavy atom. The number of rotatable bonds is 7. The SMILES string of the molecule is O=C(Nc1cccc(OCC(=O)N2CCN(Cc3cc(=O)n4ccsc4n3)CC2)c1)c1ccco1. The normalized spacial score (nSPS) is 14.2. The molecule has 35 heavy (non-hydrogen) atoms. The fourth-order valence-electron chi connectivity index (χ4n) is 3.85. The monoisotopic (exact) mass is 493 g/mol. The molecule has 1 fully saturated rings. The number of benzene rings is 1. The first-order valence-electron chi connectivity index (χ1n) is 11.1. The van der Waals surface area contributed by atoms with Crippen LogP contribution in [-0.2, 0) is 11.3 Å².